The Morgan fingerprint density at radius 1 is 0.686 bits per heavy atom. The quantitative estimate of drug-likeness (QED) is 0.0713. The third kappa shape index (κ3) is 24.2. The second kappa shape index (κ2) is 28.6. The van der Waals surface area contributed by atoms with Gasteiger partial charge in [-0.25, -0.2) is 0 Å². The smallest absolute Gasteiger partial charge is 0.306 e. The van der Waals surface area contributed by atoms with E-state index in [1.54, 1.807) is 0 Å². The molecule has 206 valence electrons. The lowest BCUT2D eigenvalue weighted by atomic mass is 10.0. The van der Waals surface area contributed by atoms with Gasteiger partial charge in [0.1, 0.15) is 6.61 Å². The van der Waals surface area contributed by atoms with Crippen LogP contribution in [-0.4, -0.2) is 70.5 Å². The fraction of sp³-hybridized carbons (Fsp3) is 0.759. The van der Waals surface area contributed by atoms with Crippen molar-refractivity contribution in [1.82, 2.24) is 9.80 Å². The summed E-state index contributed by atoms with van der Waals surface area (Å²) >= 11 is 4.58. The summed E-state index contributed by atoms with van der Waals surface area (Å²) in [5.41, 5.74) is 2.62. The zero-order valence-electron chi connectivity index (χ0n) is 23.6. The standard InChI is InChI=1S/C25H44N2O2.2C2H5I/c1-5-26(6-2)20-12-10-9-11-13-23-14-16-24(17-15-23)18-19-25(28)29-22-21-27(7-3)8-4;2*1-2-3/h14-17H,5-13,18-22H2,1-4H3;2*2H2,1H3. The molecule has 35 heavy (non-hydrogen) atoms. The molecule has 0 spiro atoms. The maximum Gasteiger partial charge on any atom is 0.306 e. The van der Waals surface area contributed by atoms with Gasteiger partial charge in [0.15, 0.2) is 0 Å². The summed E-state index contributed by atoms with van der Waals surface area (Å²) in [5.74, 6) is -0.0917. The van der Waals surface area contributed by atoms with E-state index in [1.165, 1.54) is 52.2 Å². The molecule has 0 aliphatic carbocycles. The van der Waals surface area contributed by atoms with Crippen molar-refractivity contribution in [3.8, 4) is 0 Å². The molecule has 0 radical (unpaired) electrons. The number of carbonyl (C=O) groups excluding carboxylic acids is 1. The van der Waals surface area contributed by atoms with Crippen LogP contribution in [0, 0.1) is 0 Å². The zero-order valence-corrected chi connectivity index (χ0v) is 27.9. The molecule has 4 nitrogen and oxygen atoms in total. The number of esters is 1. The van der Waals surface area contributed by atoms with Gasteiger partial charge in [0, 0.05) is 13.0 Å². The maximum absolute atomic E-state index is 11.9. The molecule has 6 heteroatoms. The lowest BCUT2D eigenvalue weighted by Gasteiger charge is -2.17. The van der Waals surface area contributed by atoms with Crippen molar-refractivity contribution in [2.45, 2.75) is 86.5 Å². The predicted molar refractivity (Wildman–Crippen MR) is 173 cm³/mol. The number of nitrogens with zero attached hydrogens (tertiary/aromatic N) is 2. The monoisotopic (exact) mass is 716 g/mol. The van der Waals surface area contributed by atoms with Crippen molar-refractivity contribution in [3.05, 3.63) is 35.4 Å². The molecule has 0 saturated heterocycles. The molecule has 0 atom stereocenters. The van der Waals surface area contributed by atoms with Gasteiger partial charge >= 0.3 is 5.97 Å². The summed E-state index contributed by atoms with van der Waals surface area (Å²) in [6.07, 6.45) is 7.58. The van der Waals surface area contributed by atoms with Crippen molar-refractivity contribution in [2.75, 3.05) is 54.7 Å². The zero-order chi connectivity index (χ0) is 26.7. The second-order valence-electron chi connectivity index (χ2n) is 8.29. The first-order valence-electron chi connectivity index (χ1n) is 13.8. The third-order valence-corrected chi connectivity index (χ3v) is 5.79. The highest BCUT2D eigenvalue weighted by atomic mass is 127. The van der Waals surface area contributed by atoms with Crippen LogP contribution in [0.2, 0.25) is 0 Å². The molecular weight excluding hydrogens is 662 g/mol. The van der Waals surface area contributed by atoms with Gasteiger partial charge in [-0.15, -0.1) is 0 Å². The molecule has 0 unspecified atom stereocenters. The fourth-order valence-corrected chi connectivity index (χ4v) is 3.58. The molecule has 0 heterocycles. The number of unbranched alkanes of at least 4 members (excludes halogenated alkanes) is 3. The van der Waals surface area contributed by atoms with E-state index in [0.717, 1.165) is 45.6 Å². The first kappa shape index (κ1) is 37.2. The summed E-state index contributed by atoms with van der Waals surface area (Å²) in [6, 6.07) is 8.77. The topological polar surface area (TPSA) is 32.8 Å². The van der Waals surface area contributed by atoms with E-state index in [2.05, 4.69) is 121 Å². The SMILES string of the molecule is CCI.CCI.CCN(CC)CCCCCCc1ccc(CCC(=O)OCCN(CC)CC)cc1. The summed E-state index contributed by atoms with van der Waals surface area (Å²) in [5, 5.41) is 0. The fourth-order valence-electron chi connectivity index (χ4n) is 3.58. The number of hydrogen-bond donors (Lipinski definition) is 0. The molecule has 1 rings (SSSR count). The van der Waals surface area contributed by atoms with Crippen LogP contribution in [0.4, 0.5) is 0 Å². The van der Waals surface area contributed by atoms with Gasteiger partial charge < -0.3 is 14.5 Å². The molecule has 0 saturated carbocycles. The minimum Gasteiger partial charge on any atom is -0.464 e. The first-order valence-corrected chi connectivity index (χ1v) is 16.8. The van der Waals surface area contributed by atoms with Gasteiger partial charge in [-0.2, -0.15) is 0 Å². The van der Waals surface area contributed by atoms with Gasteiger partial charge in [0.25, 0.3) is 0 Å². The second-order valence-corrected chi connectivity index (χ2v) is 11.3. The molecular formula is C29H54I2N2O2. The van der Waals surface area contributed by atoms with Crippen molar-refractivity contribution in [3.63, 3.8) is 0 Å². The van der Waals surface area contributed by atoms with E-state index >= 15 is 0 Å². The number of likely N-dealkylation sites (N-methyl/N-ethyl adjacent to an activating group) is 1. The van der Waals surface area contributed by atoms with Crippen LogP contribution in [0.1, 0.15) is 84.8 Å². The van der Waals surface area contributed by atoms with Crippen molar-refractivity contribution < 1.29 is 9.53 Å². The number of benzene rings is 1. The van der Waals surface area contributed by atoms with Crippen LogP contribution in [-0.2, 0) is 22.4 Å². The van der Waals surface area contributed by atoms with E-state index in [0.29, 0.717) is 13.0 Å². The van der Waals surface area contributed by atoms with E-state index in [9.17, 15) is 4.79 Å². The van der Waals surface area contributed by atoms with E-state index in [-0.39, 0.29) is 5.97 Å². The van der Waals surface area contributed by atoms with Crippen LogP contribution in [0.3, 0.4) is 0 Å². The Hall–Kier alpha value is 0.0700. The third-order valence-electron chi connectivity index (χ3n) is 5.79. The van der Waals surface area contributed by atoms with Gasteiger partial charge in [0.05, 0.1) is 0 Å². The Kier molecular flexibility index (Phi) is 30.5. The van der Waals surface area contributed by atoms with Crippen LogP contribution >= 0.6 is 45.2 Å². The molecule has 0 aliphatic heterocycles. The molecule has 0 bridgehead atoms. The lowest BCUT2D eigenvalue weighted by Crippen LogP contribution is -2.27. The molecule has 0 fully saturated rings. The Bertz CT molecular complexity index is 560. The maximum atomic E-state index is 11.9. The van der Waals surface area contributed by atoms with Crippen LogP contribution in [0.25, 0.3) is 0 Å². The Morgan fingerprint density at radius 3 is 1.60 bits per heavy atom. The van der Waals surface area contributed by atoms with Gasteiger partial charge in [-0.05, 0) is 78.4 Å². The highest BCUT2D eigenvalue weighted by molar-refractivity contribution is 14.1. The number of ether oxygens (including phenoxy) is 1. The van der Waals surface area contributed by atoms with Crippen LogP contribution < -0.4 is 0 Å². The van der Waals surface area contributed by atoms with Crippen molar-refractivity contribution in [1.29, 1.82) is 0 Å². The molecule has 0 amide bonds. The van der Waals surface area contributed by atoms with Crippen LogP contribution in [0.5, 0.6) is 0 Å². The normalized spacial score (nSPS) is 10.5. The number of hydrogen-bond acceptors (Lipinski definition) is 4. The average molecular weight is 717 g/mol. The number of rotatable bonds is 17. The summed E-state index contributed by atoms with van der Waals surface area (Å²) in [7, 11) is 0. The highest BCUT2D eigenvalue weighted by Gasteiger charge is 2.06. The first-order chi connectivity index (χ1) is 16.9. The molecule has 0 aromatic heterocycles. The molecule has 0 aliphatic rings. The molecule has 0 N–H and O–H groups in total. The van der Waals surface area contributed by atoms with Crippen molar-refractivity contribution in [2.24, 2.45) is 0 Å². The van der Waals surface area contributed by atoms with Gasteiger partial charge in [-0.1, -0.05) is 124 Å². The molecule has 1 aromatic carbocycles. The summed E-state index contributed by atoms with van der Waals surface area (Å²) in [6.45, 7) is 19.8. The Balaban J connectivity index is 0. The minimum absolute atomic E-state index is 0.0917. The number of alkyl halides is 2. The number of aryl methyl sites for hydroxylation is 2. The minimum atomic E-state index is -0.0917. The van der Waals surface area contributed by atoms with Gasteiger partial charge in [-0.3, -0.25) is 4.79 Å². The van der Waals surface area contributed by atoms with E-state index in [4.69, 9.17) is 4.74 Å². The lowest BCUT2D eigenvalue weighted by molar-refractivity contribution is -0.144. The van der Waals surface area contributed by atoms with Gasteiger partial charge in [0.2, 0.25) is 0 Å². The molecule has 1 aromatic rings. The van der Waals surface area contributed by atoms with Crippen LogP contribution in [0.15, 0.2) is 24.3 Å². The van der Waals surface area contributed by atoms with Crippen molar-refractivity contribution >= 4 is 51.2 Å². The Morgan fingerprint density at radius 2 is 1.11 bits per heavy atom. The van der Waals surface area contributed by atoms with E-state index in [1.807, 2.05) is 0 Å². The summed E-state index contributed by atoms with van der Waals surface area (Å²) < 4.78 is 7.79. The number of carbonyl (C=O) groups is 1. The summed E-state index contributed by atoms with van der Waals surface area (Å²) in [4.78, 5) is 16.7. The highest BCUT2D eigenvalue weighted by Crippen LogP contribution is 2.12. The largest absolute Gasteiger partial charge is 0.464 e. The predicted octanol–water partition coefficient (Wildman–Crippen LogP) is 7.83. The average Bonchev–Trinajstić information content (AvgIpc) is 2.86. The Labute approximate surface area is 245 Å². The van der Waals surface area contributed by atoms with E-state index < -0.39 is 0 Å². The number of halogens is 2.